The molecule has 20 nitrogen and oxygen atoms in total. The van der Waals surface area contributed by atoms with Crippen LogP contribution in [0.2, 0.25) is 0 Å². The molecule has 3 unspecified atom stereocenters. The molecule has 6 fully saturated rings. The number of piperidine rings is 1. The normalized spacial score (nSPS) is 20.4. The monoisotopic (exact) mass is 1640 g/mol. The van der Waals surface area contributed by atoms with Crippen LogP contribution in [0.3, 0.4) is 0 Å². The van der Waals surface area contributed by atoms with Crippen molar-refractivity contribution < 1.29 is 0 Å². The molecule has 12 heterocycles. The van der Waals surface area contributed by atoms with E-state index in [-0.39, 0.29) is 27.1 Å². The number of likely N-dealkylation sites (N-methyl/N-ethyl adjacent to an activating group) is 6. The molecule has 6 aromatic heterocycles. The van der Waals surface area contributed by atoms with Crippen LogP contribution in [-0.2, 0) is 0 Å². The minimum absolute atomic E-state index is 0.243. The lowest BCUT2D eigenvalue weighted by Gasteiger charge is -2.38. The quantitative estimate of drug-likeness (QED) is 0.0788. The molecule has 6 aromatic rings. The predicted molar refractivity (Wildman–Crippen MR) is 509 cm³/mol. The topological polar surface area (TPSA) is 160 Å². The first-order chi connectivity index (χ1) is 55.6. The van der Waals surface area contributed by atoms with Crippen molar-refractivity contribution in [1.29, 1.82) is 0 Å². The molecule has 0 aliphatic carbocycles. The van der Waals surface area contributed by atoms with E-state index >= 15 is 0 Å². The van der Waals surface area contributed by atoms with E-state index in [4.69, 9.17) is 9.97 Å². The lowest BCUT2D eigenvalue weighted by atomic mass is 9.78. The van der Waals surface area contributed by atoms with Gasteiger partial charge >= 0.3 is 0 Å². The van der Waals surface area contributed by atoms with Gasteiger partial charge in [-0.3, -0.25) is 4.90 Å². The molecule has 6 aliphatic heterocycles. The Morgan fingerprint density at radius 3 is 1.20 bits per heavy atom. The number of anilines is 6. The summed E-state index contributed by atoms with van der Waals surface area (Å²) < 4.78 is 0. The second kappa shape index (κ2) is 44.6. The Hall–Kier alpha value is -6.68. The summed E-state index contributed by atoms with van der Waals surface area (Å²) in [6.45, 7) is 75.7. The van der Waals surface area contributed by atoms with Gasteiger partial charge in [0.05, 0.1) is 0 Å². The van der Waals surface area contributed by atoms with Gasteiger partial charge in [-0.05, 0) is 246 Å². The van der Waals surface area contributed by atoms with Gasteiger partial charge in [0.15, 0.2) is 0 Å². The maximum absolute atomic E-state index is 4.76. The molecule has 12 rings (SSSR count). The van der Waals surface area contributed by atoms with Crippen LogP contribution in [0.4, 0.5) is 35.2 Å². The van der Waals surface area contributed by atoms with Gasteiger partial charge in [0.2, 0.25) is 11.9 Å². The summed E-state index contributed by atoms with van der Waals surface area (Å²) in [5, 5.41) is 6.98. The third-order valence-corrected chi connectivity index (χ3v) is 27.5. The van der Waals surface area contributed by atoms with Gasteiger partial charge in [0.1, 0.15) is 23.3 Å². The van der Waals surface area contributed by atoms with Crippen molar-refractivity contribution in [2.75, 3.05) is 191 Å². The molecule has 666 valence electrons. The Labute approximate surface area is 726 Å². The van der Waals surface area contributed by atoms with Crippen LogP contribution in [0.15, 0.2) is 98.1 Å². The first kappa shape index (κ1) is 99.4. The molecule has 0 saturated carbocycles. The van der Waals surface area contributed by atoms with E-state index in [9.17, 15) is 0 Å². The van der Waals surface area contributed by atoms with Crippen LogP contribution >= 0.6 is 0 Å². The zero-order valence-electron chi connectivity index (χ0n) is 81.3. The number of fused-ring (bicyclic) bond motifs is 1. The zero-order chi connectivity index (χ0) is 88.1. The minimum Gasteiger partial charge on any atom is -0.367 e. The lowest BCUT2D eigenvalue weighted by Crippen LogP contribution is -2.50. The van der Waals surface area contributed by atoms with Crippen molar-refractivity contribution in [2.24, 2.45) is 32.5 Å². The SMILES string of the molecule is CC(c1ccc(NC2CCN(C)CC2)nc1)C(C)(C)C.CC(c1cnc(N[C@H]2CCN(C)C2)nc1)C(C)(C)C.CCN(CCN(C)C)c1ccc([C@@H](C)C(C)(C)C)cn1.C[C@H](c1ccc(N(C)C2CCN(C)C2)nc1)C(C)(C)C.C[C@H](c1ccc(N2CCN3CCC[C@@H]3C2)nc1)C(C)(C)C.C[C@H](c1cnc(N2CCN(C)CC2)nc1)C(C)(C)C. The fourth-order valence-corrected chi connectivity index (χ4v) is 15.6. The molecule has 0 radical (unpaired) electrons. The summed E-state index contributed by atoms with van der Waals surface area (Å²) in [6, 6.07) is 20.1. The number of likely N-dealkylation sites (tertiary alicyclic amines) is 3. The van der Waals surface area contributed by atoms with Crippen molar-refractivity contribution in [3.05, 3.63) is 131 Å². The van der Waals surface area contributed by atoms with Gasteiger partial charge in [-0.25, -0.2) is 39.9 Å². The van der Waals surface area contributed by atoms with E-state index in [0.29, 0.717) is 59.0 Å². The Kier molecular flexibility index (Phi) is 37.3. The summed E-state index contributed by atoms with van der Waals surface area (Å²) in [6.07, 6.45) is 23.7. The van der Waals surface area contributed by atoms with Gasteiger partial charge < -0.3 is 54.7 Å². The van der Waals surface area contributed by atoms with Gasteiger partial charge in [0, 0.05) is 159 Å². The molecule has 6 saturated heterocycles. The average Bonchev–Trinajstić information content (AvgIpc) is 1.80. The molecule has 0 spiro atoms. The van der Waals surface area contributed by atoms with E-state index in [1.54, 1.807) is 0 Å². The smallest absolute Gasteiger partial charge is 0.225 e. The number of aromatic nitrogens is 8. The second-order valence-electron chi connectivity index (χ2n) is 42.9. The Morgan fingerprint density at radius 2 is 0.782 bits per heavy atom. The highest BCUT2D eigenvalue weighted by Crippen LogP contribution is 2.40. The van der Waals surface area contributed by atoms with Crippen LogP contribution in [0.1, 0.15) is 281 Å². The second-order valence-corrected chi connectivity index (χ2v) is 42.9. The van der Waals surface area contributed by atoms with E-state index in [1.807, 2.05) is 37.2 Å². The Morgan fingerprint density at radius 1 is 0.370 bits per heavy atom. The van der Waals surface area contributed by atoms with Crippen molar-refractivity contribution in [3.8, 4) is 0 Å². The number of nitrogens with zero attached hydrogens (tertiary/aromatic N) is 18. The van der Waals surface area contributed by atoms with E-state index in [0.717, 1.165) is 120 Å². The summed E-state index contributed by atoms with van der Waals surface area (Å²) >= 11 is 0. The number of hydrogen-bond donors (Lipinski definition) is 2. The molecule has 0 amide bonds. The molecule has 6 aliphatic rings. The van der Waals surface area contributed by atoms with Gasteiger partial charge in [-0.1, -0.05) is 190 Å². The fourth-order valence-electron chi connectivity index (χ4n) is 15.6. The minimum atomic E-state index is 0.243. The molecular formula is C99H170N20. The number of hydrogen-bond acceptors (Lipinski definition) is 20. The van der Waals surface area contributed by atoms with Crippen LogP contribution in [0, 0.1) is 32.5 Å². The van der Waals surface area contributed by atoms with Gasteiger partial charge in [-0.2, -0.15) is 0 Å². The summed E-state index contributed by atoms with van der Waals surface area (Å²) in [5.74, 6) is 8.99. The Balaban J connectivity index is 0.000000197. The highest BCUT2D eigenvalue weighted by Gasteiger charge is 2.34. The predicted octanol–water partition coefficient (Wildman–Crippen LogP) is 19.4. The van der Waals surface area contributed by atoms with E-state index in [1.165, 1.54) is 105 Å². The van der Waals surface area contributed by atoms with E-state index in [2.05, 4.69) is 373 Å². The van der Waals surface area contributed by atoms with Crippen molar-refractivity contribution in [3.63, 3.8) is 0 Å². The van der Waals surface area contributed by atoms with Gasteiger partial charge in [-0.15, -0.1) is 0 Å². The highest BCUT2D eigenvalue weighted by molar-refractivity contribution is 5.44. The molecule has 9 atom stereocenters. The standard InChI is InChI=1S/C18H29N3.2C17H29N3.C17H31N3.2C15H26N4/c1-14(18(2,3)4)15-7-8-17(19-12-15)21-11-10-20-9-5-6-16(20)13-21;1-13(17(2,3)4)14-7-8-16(18-11-14)20(6)15-9-10-19(5)12-15;1-13(17(2,3)4)14-6-7-16(18-12-14)19-15-8-10-20(5)11-9-15;1-8-20(12-11-19(6)7)16-10-9-15(13-18-16)14(2)17(3,4)5;1-12(15(2,3)4)13-10-16-14(17-11-13)19-8-6-18(5)7-9-19;1-11(15(2,3)4)12-8-16-14(17-9-12)18-13-6-7-19(5)10-13/h7-8,12,14,16H,5-6,9-11,13H2,1-4H3;7-8,11,13,15H,9-10,12H2,1-6H3;6-7,12-13,15H,8-11H2,1-5H3,(H,18,19);9-10,13-14H,8,11-12H2,1-7H3;10-12H,6-9H2,1-5H3;8-9,11,13H,6-7,10H2,1-5H3,(H,16,17,18)/t14-,16-;13-,15?;;14-;12-;11?,13-/m11.110/s1. The number of rotatable bonds is 19. The van der Waals surface area contributed by atoms with Crippen molar-refractivity contribution >= 4 is 35.2 Å². The molecule has 2 N–H and O–H groups in total. The largest absolute Gasteiger partial charge is 0.367 e. The van der Waals surface area contributed by atoms with Crippen LogP contribution < -0.4 is 30.2 Å². The fraction of sp³-hybridized carbons (Fsp3) is 0.717. The first-order valence-electron chi connectivity index (χ1n) is 45.7. The molecule has 0 bridgehead atoms. The molecule has 0 aromatic carbocycles. The van der Waals surface area contributed by atoms with Crippen molar-refractivity contribution in [2.45, 2.75) is 271 Å². The zero-order valence-corrected chi connectivity index (χ0v) is 81.3. The maximum Gasteiger partial charge on any atom is 0.225 e. The average molecular weight is 1640 g/mol. The third kappa shape index (κ3) is 31.6. The van der Waals surface area contributed by atoms with E-state index < -0.39 is 0 Å². The van der Waals surface area contributed by atoms with Crippen LogP contribution in [-0.4, -0.2) is 254 Å². The highest BCUT2D eigenvalue weighted by atomic mass is 15.3. The molecule has 119 heavy (non-hydrogen) atoms. The number of piperazine rings is 2. The first-order valence-corrected chi connectivity index (χ1v) is 45.7. The van der Waals surface area contributed by atoms with Crippen LogP contribution in [0.5, 0.6) is 0 Å². The molecular weight excluding hydrogens is 1470 g/mol. The molecule has 20 heteroatoms. The van der Waals surface area contributed by atoms with Gasteiger partial charge in [0.25, 0.3) is 0 Å². The van der Waals surface area contributed by atoms with Crippen LogP contribution in [0.25, 0.3) is 0 Å². The Bertz CT molecular complexity index is 3810. The number of nitrogens with one attached hydrogen (secondary N) is 2. The summed E-state index contributed by atoms with van der Waals surface area (Å²) in [5.41, 5.74) is 9.39. The summed E-state index contributed by atoms with van der Waals surface area (Å²) in [7, 11) is 15.1. The maximum atomic E-state index is 4.76. The third-order valence-electron chi connectivity index (χ3n) is 27.5. The van der Waals surface area contributed by atoms with Crippen molar-refractivity contribution in [1.82, 2.24) is 69.3 Å². The number of pyridine rings is 4. The summed E-state index contributed by atoms with van der Waals surface area (Å²) in [4.78, 5) is 60.4. The lowest BCUT2D eigenvalue weighted by molar-refractivity contribution is 0.230.